The first-order valence-electron chi connectivity index (χ1n) is 10.5. The summed E-state index contributed by atoms with van der Waals surface area (Å²) >= 11 is 6.13. The van der Waals surface area contributed by atoms with Gasteiger partial charge in [-0.25, -0.2) is 0 Å². The van der Waals surface area contributed by atoms with Crippen LogP contribution in [0.1, 0.15) is 22.7 Å². The maximum Gasteiger partial charge on any atom is 0.251 e. The quantitative estimate of drug-likeness (QED) is 0.470. The summed E-state index contributed by atoms with van der Waals surface area (Å²) in [6, 6.07) is 25.0. The summed E-state index contributed by atoms with van der Waals surface area (Å²) in [6.07, 6.45) is 2.07. The molecule has 1 unspecified atom stereocenters. The van der Waals surface area contributed by atoms with Crippen LogP contribution in [0.2, 0.25) is 5.02 Å². The molecule has 7 nitrogen and oxygen atoms in total. The van der Waals surface area contributed by atoms with Crippen LogP contribution in [0.15, 0.2) is 84.9 Å². The predicted octanol–water partition coefficient (Wildman–Crippen LogP) is 4.72. The zero-order chi connectivity index (χ0) is 22.8. The van der Waals surface area contributed by atoms with Gasteiger partial charge in [-0.3, -0.25) is 9.69 Å². The van der Waals surface area contributed by atoms with Crippen LogP contribution in [0.3, 0.4) is 0 Å². The molecule has 0 aliphatic carbocycles. The molecule has 0 bridgehead atoms. The molecule has 8 heteroatoms. The Morgan fingerprint density at radius 2 is 1.73 bits per heavy atom. The van der Waals surface area contributed by atoms with Gasteiger partial charge >= 0.3 is 0 Å². The second-order valence-electron chi connectivity index (χ2n) is 7.84. The molecule has 1 N–H and O–H groups in total. The molecule has 33 heavy (non-hydrogen) atoms. The number of anilines is 2. The molecule has 5 rings (SSSR count). The van der Waals surface area contributed by atoms with Crippen molar-refractivity contribution in [1.82, 2.24) is 20.2 Å². The number of hydrogen-bond acceptors (Lipinski definition) is 5. The lowest BCUT2D eigenvalue weighted by Gasteiger charge is -2.32. The van der Waals surface area contributed by atoms with Crippen molar-refractivity contribution < 1.29 is 4.79 Å². The van der Waals surface area contributed by atoms with Crippen molar-refractivity contribution in [3.8, 4) is 0 Å². The number of halogens is 1. The summed E-state index contributed by atoms with van der Waals surface area (Å²) in [5.74, 6) is 0.321. The van der Waals surface area contributed by atoms with Gasteiger partial charge in [0.25, 0.3) is 5.95 Å². The number of tetrazole rings is 1. The first-order valence-corrected chi connectivity index (χ1v) is 10.9. The van der Waals surface area contributed by atoms with Crippen molar-refractivity contribution >= 4 is 34.8 Å². The van der Waals surface area contributed by atoms with Crippen molar-refractivity contribution in [1.29, 1.82) is 0 Å². The minimum atomic E-state index is -0.210. The molecule has 0 saturated heterocycles. The number of fused-ring (bicyclic) bond motifs is 1. The molecule has 0 fully saturated rings. The highest BCUT2D eigenvalue weighted by molar-refractivity contribution is 6.30. The van der Waals surface area contributed by atoms with Gasteiger partial charge in [-0.15, -0.1) is 0 Å². The van der Waals surface area contributed by atoms with Crippen LogP contribution in [-0.4, -0.2) is 32.7 Å². The number of aryl methyl sites for hydroxylation is 1. The molecule has 2 heterocycles. The topological polar surface area (TPSA) is 75.9 Å². The van der Waals surface area contributed by atoms with Crippen molar-refractivity contribution in [2.24, 2.45) is 0 Å². The zero-order valence-corrected chi connectivity index (χ0v) is 18.6. The van der Waals surface area contributed by atoms with Gasteiger partial charge in [0, 0.05) is 10.7 Å². The van der Waals surface area contributed by atoms with Gasteiger partial charge in [0.15, 0.2) is 0 Å². The fourth-order valence-corrected chi connectivity index (χ4v) is 3.99. The van der Waals surface area contributed by atoms with Crippen LogP contribution < -0.4 is 10.2 Å². The number of amides is 1. The Bertz CT molecular complexity index is 1300. The van der Waals surface area contributed by atoms with Gasteiger partial charge in [-0.2, -0.15) is 4.68 Å². The van der Waals surface area contributed by atoms with E-state index in [1.807, 2.05) is 90.7 Å². The summed E-state index contributed by atoms with van der Waals surface area (Å²) < 4.78 is 1.73. The van der Waals surface area contributed by atoms with Gasteiger partial charge in [-0.1, -0.05) is 76.9 Å². The molecule has 3 aromatic carbocycles. The summed E-state index contributed by atoms with van der Waals surface area (Å²) in [7, 11) is 0. The maximum atomic E-state index is 13.0. The van der Waals surface area contributed by atoms with Crippen molar-refractivity contribution in [3.63, 3.8) is 0 Å². The molecule has 0 radical (unpaired) electrons. The normalized spacial score (nSPS) is 15.0. The molecule has 4 aromatic rings. The van der Waals surface area contributed by atoms with Crippen molar-refractivity contribution in [2.45, 2.75) is 13.0 Å². The summed E-state index contributed by atoms with van der Waals surface area (Å²) in [5.41, 5.74) is 4.66. The van der Waals surface area contributed by atoms with E-state index in [9.17, 15) is 4.79 Å². The third kappa shape index (κ3) is 4.36. The Morgan fingerprint density at radius 1 is 1.00 bits per heavy atom. The van der Waals surface area contributed by atoms with Gasteiger partial charge in [0.05, 0.1) is 5.70 Å². The summed E-state index contributed by atoms with van der Waals surface area (Å²) in [6.45, 7) is 2.05. The Morgan fingerprint density at radius 3 is 2.45 bits per heavy atom. The Hall–Kier alpha value is -3.97. The highest BCUT2D eigenvalue weighted by Crippen LogP contribution is 2.36. The number of aromatic nitrogens is 4. The first kappa shape index (κ1) is 20.9. The van der Waals surface area contributed by atoms with E-state index < -0.39 is 0 Å². The molecule has 1 aromatic heterocycles. The maximum absolute atomic E-state index is 13.0. The molecule has 1 atom stereocenters. The van der Waals surface area contributed by atoms with E-state index in [0.717, 1.165) is 28.1 Å². The molecule has 0 saturated carbocycles. The zero-order valence-electron chi connectivity index (χ0n) is 17.9. The minimum absolute atomic E-state index is 0.0459. The second kappa shape index (κ2) is 8.88. The average Bonchev–Trinajstić information content (AvgIpc) is 3.32. The SMILES string of the molecule is Cc1ccc(NC(=O)CN2C(c3ccc(Cl)cc3)=CC(c3ccccc3)n3nnnc32)cc1. The standard InChI is InChI=1S/C25H21ClN6O/c1-17-7-13-21(14-8-17)27-24(33)16-31-22(19-9-11-20(26)12-10-19)15-23(18-5-3-2-4-6-18)32-25(31)28-29-30-32/h2-15,23H,16H2,1H3,(H,27,33). The van der Waals surface area contributed by atoms with Crippen LogP contribution in [0.5, 0.6) is 0 Å². The number of nitrogens with zero attached hydrogens (tertiary/aromatic N) is 5. The lowest BCUT2D eigenvalue weighted by atomic mass is 10.0. The van der Waals surface area contributed by atoms with Crippen molar-refractivity contribution in [3.05, 3.63) is 107 Å². The fraction of sp³-hybridized carbons (Fsp3) is 0.120. The summed E-state index contributed by atoms with van der Waals surface area (Å²) in [5, 5.41) is 16.0. The van der Waals surface area contributed by atoms with Crippen LogP contribution >= 0.6 is 11.6 Å². The van der Waals surface area contributed by atoms with Gasteiger partial charge in [-0.05, 0) is 58.8 Å². The van der Waals surface area contributed by atoms with Crippen LogP contribution in [0, 0.1) is 6.92 Å². The minimum Gasteiger partial charge on any atom is -0.325 e. The van der Waals surface area contributed by atoms with Crippen LogP contribution in [-0.2, 0) is 4.79 Å². The molecular formula is C25H21ClN6O. The number of carbonyl (C=O) groups is 1. The van der Waals surface area contributed by atoms with E-state index in [2.05, 4.69) is 26.9 Å². The third-order valence-corrected chi connectivity index (χ3v) is 5.76. The Balaban J connectivity index is 1.52. The number of hydrogen-bond donors (Lipinski definition) is 1. The molecule has 164 valence electrons. The lowest BCUT2D eigenvalue weighted by molar-refractivity contribution is -0.114. The molecule has 1 aliphatic heterocycles. The number of benzene rings is 3. The largest absolute Gasteiger partial charge is 0.325 e. The first-order chi connectivity index (χ1) is 16.1. The van der Waals surface area contributed by atoms with Gasteiger partial charge in [0.2, 0.25) is 5.91 Å². The van der Waals surface area contributed by atoms with E-state index in [1.54, 1.807) is 4.68 Å². The van der Waals surface area contributed by atoms with E-state index in [1.165, 1.54) is 0 Å². The Labute approximate surface area is 196 Å². The number of rotatable bonds is 5. The van der Waals surface area contributed by atoms with Crippen molar-refractivity contribution in [2.75, 3.05) is 16.8 Å². The highest BCUT2D eigenvalue weighted by Gasteiger charge is 2.31. The number of allylic oxidation sites excluding steroid dienone is 1. The van der Waals surface area contributed by atoms with Crippen LogP contribution in [0.25, 0.3) is 5.70 Å². The van der Waals surface area contributed by atoms with E-state index in [-0.39, 0.29) is 18.5 Å². The molecule has 1 amide bonds. The summed E-state index contributed by atoms with van der Waals surface area (Å²) in [4.78, 5) is 14.8. The number of nitrogens with one attached hydrogen (secondary N) is 1. The molecule has 1 aliphatic rings. The van der Waals surface area contributed by atoms with E-state index in [4.69, 9.17) is 11.6 Å². The number of carbonyl (C=O) groups excluding carboxylic acids is 1. The highest BCUT2D eigenvalue weighted by atomic mass is 35.5. The van der Waals surface area contributed by atoms with Crippen LogP contribution in [0.4, 0.5) is 11.6 Å². The second-order valence-corrected chi connectivity index (χ2v) is 8.27. The van der Waals surface area contributed by atoms with E-state index >= 15 is 0 Å². The smallest absolute Gasteiger partial charge is 0.251 e. The van der Waals surface area contributed by atoms with Gasteiger partial charge in [0.1, 0.15) is 12.6 Å². The third-order valence-electron chi connectivity index (χ3n) is 5.51. The molecular weight excluding hydrogens is 436 g/mol. The fourth-order valence-electron chi connectivity index (χ4n) is 3.86. The Kier molecular flexibility index (Phi) is 5.62. The lowest BCUT2D eigenvalue weighted by Crippen LogP contribution is -2.37. The van der Waals surface area contributed by atoms with Gasteiger partial charge < -0.3 is 5.32 Å². The average molecular weight is 457 g/mol. The monoisotopic (exact) mass is 456 g/mol. The van der Waals surface area contributed by atoms with E-state index in [0.29, 0.717) is 11.0 Å². The molecule has 0 spiro atoms. The predicted molar refractivity (Wildman–Crippen MR) is 129 cm³/mol.